The van der Waals surface area contributed by atoms with Crippen LogP contribution in [0.3, 0.4) is 0 Å². The largest absolute Gasteiger partial charge is 0.497 e. The van der Waals surface area contributed by atoms with Crippen LogP contribution in [0, 0.1) is 0 Å². The molecule has 0 amide bonds. The summed E-state index contributed by atoms with van der Waals surface area (Å²) in [4.78, 5) is 14.7. The fourth-order valence-electron chi connectivity index (χ4n) is 2.58. The Hall–Kier alpha value is -1.76. The van der Waals surface area contributed by atoms with E-state index in [9.17, 15) is 13.2 Å². The number of hydrogen-bond acceptors (Lipinski definition) is 4. The second kappa shape index (κ2) is 4.12. The molecular formula is C12H14N2O4S. The quantitative estimate of drug-likeness (QED) is 0.892. The number of sulfone groups is 1. The van der Waals surface area contributed by atoms with Gasteiger partial charge in [0.25, 0.3) is 0 Å². The van der Waals surface area contributed by atoms with Crippen molar-refractivity contribution < 1.29 is 13.2 Å². The van der Waals surface area contributed by atoms with E-state index in [1.54, 1.807) is 18.2 Å². The van der Waals surface area contributed by atoms with E-state index in [0.717, 1.165) is 0 Å². The SMILES string of the molecule is COc1ccc2[nH]c(=O)n(C3CCCS3(=O)=O)c2c1. The average Bonchev–Trinajstić information content (AvgIpc) is 2.86. The van der Waals surface area contributed by atoms with Gasteiger partial charge in [-0.25, -0.2) is 13.2 Å². The monoisotopic (exact) mass is 282 g/mol. The number of benzene rings is 1. The molecule has 6 nitrogen and oxygen atoms in total. The first-order chi connectivity index (χ1) is 9.03. The van der Waals surface area contributed by atoms with Crippen molar-refractivity contribution in [2.45, 2.75) is 18.2 Å². The molecule has 1 aliphatic rings. The first-order valence-corrected chi connectivity index (χ1v) is 7.74. The number of methoxy groups -OCH3 is 1. The molecule has 2 aromatic rings. The van der Waals surface area contributed by atoms with Crippen LogP contribution in [0.1, 0.15) is 18.2 Å². The van der Waals surface area contributed by atoms with Gasteiger partial charge in [-0.05, 0) is 25.0 Å². The van der Waals surface area contributed by atoms with Crippen LogP contribution >= 0.6 is 0 Å². The van der Waals surface area contributed by atoms with Crippen molar-refractivity contribution >= 4 is 20.9 Å². The zero-order chi connectivity index (χ0) is 13.6. The Morgan fingerprint density at radius 2 is 2.21 bits per heavy atom. The molecule has 102 valence electrons. The molecule has 1 aromatic heterocycles. The zero-order valence-corrected chi connectivity index (χ0v) is 11.2. The topological polar surface area (TPSA) is 81.2 Å². The van der Waals surface area contributed by atoms with E-state index in [-0.39, 0.29) is 5.75 Å². The van der Waals surface area contributed by atoms with Gasteiger partial charge in [0.05, 0.1) is 23.9 Å². The van der Waals surface area contributed by atoms with E-state index in [2.05, 4.69) is 4.98 Å². The molecule has 1 unspecified atom stereocenters. The van der Waals surface area contributed by atoms with Crippen molar-refractivity contribution in [1.82, 2.24) is 9.55 Å². The van der Waals surface area contributed by atoms with Crippen LogP contribution in [0.25, 0.3) is 11.0 Å². The van der Waals surface area contributed by atoms with Crippen LogP contribution in [-0.4, -0.2) is 30.8 Å². The molecule has 0 aliphatic carbocycles. The van der Waals surface area contributed by atoms with Crippen LogP contribution in [0.15, 0.2) is 23.0 Å². The van der Waals surface area contributed by atoms with Crippen molar-refractivity contribution in [3.63, 3.8) is 0 Å². The summed E-state index contributed by atoms with van der Waals surface area (Å²) in [6.45, 7) is 0. The fourth-order valence-corrected chi connectivity index (χ4v) is 4.48. The summed E-state index contributed by atoms with van der Waals surface area (Å²) in [6.07, 6.45) is 1.07. The molecule has 0 spiro atoms. The van der Waals surface area contributed by atoms with Gasteiger partial charge in [0, 0.05) is 6.07 Å². The first kappa shape index (κ1) is 12.3. The van der Waals surface area contributed by atoms with Gasteiger partial charge in [-0.1, -0.05) is 0 Å². The van der Waals surface area contributed by atoms with Gasteiger partial charge in [0.1, 0.15) is 11.1 Å². The molecule has 1 fully saturated rings. The summed E-state index contributed by atoms with van der Waals surface area (Å²) >= 11 is 0. The first-order valence-electron chi connectivity index (χ1n) is 6.03. The maximum atomic E-state index is 12.0. The Balaban J connectivity index is 2.28. The number of nitrogens with zero attached hydrogens (tertiary/aromatic N) is 1. The second-order valence-corrected chi connectivity index (χ2v) is 6.93. The van der Waals surface area contributed by atoms with Crippen LogP contribution in [-0.2, 0) is 9.84 Å². The van der Waals surface area contributed by atoms with Crippen LogP contribution < -0.4 is 10.4 Å². The molecule has 3 rings (SSSR count). The normalized spacial score (nSPS) is 21.8. The van der Waals surface area contributed by atoms with Crippen molar-refractivity contribution in [2.75, 3.05) is 12.9 Å². The molecule has 19 heavy (non-hydrogen) atoms. The van der Waals surface area contributed by atoms with E-state index < -0.39 is 20.9 Å². The molecule has 0 saturated carbocycles. The van der Waals surface area contributed by atoms with Gasteiger partial charge < -0.3 is 9.72 Å². The Kier molecular flexibility index (Phi) is 2.67. The number of H-pyrrole nitrogens is 1. The third-order valence-electron chi connectivity index (χ3n) is 3.51. The molecule has 1 atom stereocenters. The number of hydrogen-bond donors (Lipinski definition) is 1. The third kappa shape index (κ3) is 1.85. The minimum Gasteiger partial charge on any atom is -0.497 e. The number of ether oxygens (including phenoxy) is 1. The summed E-state index contributed by atoms with van der Waals surface area (Å²) in [5.74, 6) is 0.733. The lowest BCUT2D eigenvalue weighted by molar-refractivity contribution is 0.415. The lowest BCUT2D eigenvalue weighted by atomic mass is 10.3. The Bertz CT molecular complexity index is 788. The minimum atomic E-state index is -3.24. The molecular weight excluding hydrogens is 268 g/mol. The van der Waals surface area contributed by atoms with E-state index >= 15 is 0 Å². The lowest BCUT2D eigenvalue weighted by Gasteiger charge is -2.11. The Morgan fingerprint density at radius 3 is 2.84 bits per heavy atom. The maximum Gasteiger partial charge on any atom is 0.327 e. The number of nitrogens with one attached hydrogen (secondary N) is 1. The molecule has 1 aromatic carbocycles. The Labute approximate surface area is 109 Å². The summed E-state index contributed by atoms with van der Waals surface area (Å²) < 4.78 is 30.5. The predicted octanol–water partition coefficient (Wildman–Crippen LogP) is 1.05. The highest BCUT2D eigenvalue weighted by molar-refractivity contribution is 7.91. The molecule has 0 bridgehead atoms. The zero-order valence-electron chi connectivity index (χ0n) is 10.4. The molecule has 1 aliphatic heterocycles. The third-order valence-corrected chi connectivity index (χ3v) is 5.64. The van der Waals surface area contributed by atoms with E-state index in [4.69, 9.17) is 4.74 Å². The standard InChI is InChI=1S/C12H14N2O4S/c1-18-8-4-5-9-10(7-8)14(12(15)13-9)11-3-2-6-19(11,16)17/h4-5,7,11H,2-3,6H2,1H3,(H,13,15). The minimum absolute atomic E-state index is 0.140. The second-order valence-electron chi connectivity index (χ2n) is 4.65. The summed E-state index contributed by atoms with van der Waals surface area (Å²) in [6, 6.07) is 5.13. The number of rotatable bonds is 2. The van der Waals surface area contributed by atoms with Gasteiger partial charge in [-0.2, -0.15) is 0 Å². The highest BCUT2D eigenvalue weighted by Crippen LogP contribution is 2.31. The van der Waals surface area contributed by atoms with Gasteiger partial charge >= 0.3 is 5.69 Å². The lowest BCUT2D eigenvalue weighted by Crippen LogP contribution is -2.25. The highest BCUT2D eigenvalue weighted by Gasteiger charge is 2.34. The van der Waals surface area contributed by atoms with E-state index in [1.807, 2.05) is 0 Å². The van der Waals surface area contributed by atoms with Gasteiger partial charge in [-0.15, -0.1) is 0 Å². The van der Waals surface area contributed by atoms with Crippen molar-refractivity contribution in [3.8, 4) is 5.75 Å². The number of aromatic nitrogens is 2. The number of imidazole rings is 1. The average molecular weight is 282 g/mol. The van der Waals surface area contributed by atoms with Gasteiger partial charge in [0.15, 0.2) is 9.84 Å². The van der Waals surface area contributed by atoms with Gasteiger partial charge in [0.2, 0.25) is 0 Å². The predicted molar refractivity (Wildman–Crippen MR) is 71.2 cm³/mol. The van der Waals surface area contributed by atoms with Crippen molar-refractivity contribution in [2.24, 2.45) is 0 Å². The van der Waals surface area contributed by atoms with Crippen molar-refractivity contribution in [3.05, 3.63) is 28.7 Å². The molecule has 1 saturated heterocycles. The van der Waals surface area contributed by atoms with Crippen LogP contribution in [0.4, 0.5) is 0 Å². The van der Waals surface area contributed by atoms with Crippen LogP contribution in [0.2, 0.25) is 0 Å². The Morgan fingerprint density at radius 1 is 1.42 bits per heavy atom. The maximum absolute atomic E-state index is 12.0. The van der Waals surface area contributed by atoms with Gasteiger partial charge in [-0.3, -0.25) is 4.57 Å². The van der Waals surface area contributed by atoms with Crippen molar-refractivity contribution in [1.29, 1.82) is 0 Å². The summed E-state index contributed by atoms with van der Waals surface area (Å²) in [7, 11) is -1.71. The van der Waals surface area contributed by atoms with E-state index in [0.29, 0.717) is 29.6 Å². The fraction of sp³-hybridized carbons (Fsp3) is 0.417. The highest BCUT2D eigenvalue weighted by atomic mass is 32.2. The molecule has 0 radical (unpaired) electrons. The molecule has 2 heterocycles. The summed E-state index contributed by atoms with van der Waals surface area (Å²) in [5, 5.41) is -0.763. The number of fused-ring (bicyclic) bond motifs is 1. The number of aromatic amines is 1. The summed E-state index contributed by atoms with van der Waals surface area (Å²) in [5.41, 5.74) is 0.798. The molecule has 1 N–H and O–H groups in total. The smallest absolute Gasteiger partial charge is 0.327 e. The van der Waals surface area contributed by atoms with Crippen LogP contribution in [0.5, 0.6) is 5.75 Å². The van der Waals surface area contributed by atoms with E-state index in [1.165, 1.54) is 11.7 Å². The molecule has 7 heteroatoms.